The first-order chi connectivity index (χ1) is 9.11. The Morgan fingerprint density at radius 2 is 2.26 bits per heavy atom. The van der Waals surface area contributed by atoms with Crippen molar-refractivity contribution >= 4 is 11.6 Å². The molecule has 0 bridgehead atoms. The van der Waals surface area contributed by atoms with E-state index < -0.39 is 0 Å². The number of rotatable bonds is 4. The molecule has 1 amide bonds. The molecule has 2 rings (SSSR count). The van der Waals surface area contributed by atoms with Gasteiger partial charge in [0.25, 0.3) is 5.91 Å². The van der Waals surface area contributed by atoms with Crippen LogP contribution in [0, 0.1) is 12.8 Å². The first kappa shape index (κ1) is 13.9. The van der Waals surface area contributed by atoms with Gasteiger partial charge in [0.2, 0.25) is 0 Å². The zero-order valence-corrected chi connectivity index (χ0v) is 12.2. The summed E-state index contributed by atoms with van der Waals surface area (Å²) in [6.45, 7) is 9.08. The van der Waals surface area contributed by atoms with Gasteiger partial charge in [0.15, 0.2) is 0 Å². The van der Waals surface area contributed by atoms with Crippen LogP contribution in [0.5, 0.6) is 0 Å². The zero-order chi connectivity index (χ0) is 13.8. The van der Waals surface area contributed by atoms with Gasteiger partial charge in [-0.2, -0.15) is 0 Å². The predicted molar refractivity (Wildman–Crippen MR) is 79.6 cm³/mol. The molecule has 0 aromatic heterocycles. The molecule has 3 nitrogen and oxygen atoms in total. The minimum Gasteiger partial charge on any atom is -0.384 e. The lowest BCUT2D eigenvalue weighted by molar-refractivity contribution is 0.0789. The minimum absolute atomic E-state index is 0.169. The Bertz CT molecular complexity index is 456. The second kappa shape index (κ2) is 6.09. The maximum absolute atomic E-state index is 12.6. The van der Waals surface area contributed by atoms with Crippen LogP contribution in [0.25, 0.3) is 0 Å². The summed E-state index contributed by atoms with van der Waals surface area (Å²) in [5, 5.41) is 3.37. The third-order valence-corrected chi connectivity index (χ3v) is 3.68. The number of nitrogens with zero attached hydrogens (tertiary/aromatic N) is 1. The molecule has 0 aliphatic carbocycles. The lowest BCUT2D eigenvalue weighted by Crippen LogP contribution is -2.29. The van der Waals surface area contributed by atoms with Crippen molar-refractivity contribution in [1.29, 1.82) is 0 Å². The van der Waals surface area contributed by atoms with Crippen LogP contribution >= 0.6 is 0 Å². The van der Waals surface area contributed by atoms with E-state index in [4.69, 9.17) is 0 Å². The summed E-state index contributed by atoms with van der Waals surface area (Å²) in [4.78, 5) is 14.6. The van der Waals surface area contributed by atoms with Crippen molar-refractivity contribution in [2.24, 2.45) is 5.92 Å². The Morgan fingerprint density at radius 1 is 1.47 bits per heavy atom. The number of carbonyl (C=O) groups excluding carboxylic acids is 1. The number of carbonyl (C=O) groups is 1. The molecule has 1 aliphatic rings. The number of amides is 1. The van der Waals surface area contributed by atoms with Gasteiger partial charge in [0, 0.05) is 25.3 Å². The van der Waals surface area contributed by atoms with Gasteiger partial charge in [-0.05, 0) is 43.4 Å². The maximum atomic E-state index is 12.6. The molecule has 1 aromatic carbocycles. The largest absolute Gasteiger partial charge is 0.384 e. The fourth-order valence-electron chi connectivity index (χ4n) is 2.54. The summed E-state index contributed by atoms with van der Waals surface area (Å²) < 4.78 is 0. The van der Waals surface area contributed by atoms with Crippen LogP contribution in [0.4, 0.5) is 5.69 Å². The Balaban J connectivity index is 2.20. The van der Waals surface area contributed by atoms with Gasteiger partial charge in [0.1, 0.15) is 0 Å². The molecule has 104 valence electrons. The van der Waals surface area contributed by atoms with E-state index in [9.17, 15) is 4.79 Å². The SMILES string of the molecule is CCCNc1cc(C)ccc1C(=O)N1CCC(C)C1. The summed E-state index contributed by atoms with van der Waals surface area (Å²) in [6, 6.07) is 6.05. The highest BCUT2D eigenvalue weighted by Gasteiger charge is 2.25. The van der Waals surface area contributed by atoms with Crippen molar-refractivity contribution in [2.75, 3.05) is 25.0 Å². The number of aryl methyl sites for hydroxylation is 1. The number of likely N-dealkylation sites (tertiary alicyclic amines) is 1. The summed E-state index contributed by atoms with van der Waals surface area (Å²) in [7, 11) is 0. The summed E-state index contributed by atoms with van der Waals surface area (Å²) in [5.41, 5.74) is 2.98. The molecule has 1 unspecified atom stereocenters. The summed E-state index contributed by atoms with van der Waals surface area (Å²) in [6.07, 6.45) is 2.18. The molecule has 1 heterocycles. The van der Waals surface area contributed by atoms with Gasteiger partial charge in [-0.3, -0.25) is 4.79 Å². The molecule has 0 saturated carbocycles. The monoisotopic (exact) mass is 260 g/mol. The van der Waals surface area contributed by atoms with Crippen molar-refractivity contribution in [3.8, 4) is 0 Å². The van der Waals surface area contributed by atoms with E-state index in [1.807, 2.05) is 17.0 Å². The predicted octanol–water partition coefficient (Wildman–Crippen LogP) is 3.30. The van der Waals surface area contributed by atoms with Crippen LogP contribution in [0.1, 0.15) is 42.6 Å². The molecule has 0 spiro atoms. The Labute approximate surface area is 116 Å². The zero-order valence-electron chi connectivity index (χ0n) is 12.2. The average molecular weight is 260 g/mol. The number of benzene rings is 1. The van der Waals surface area contributed by atoms with Gasteiger partial charge >= 0.3 is 0 Å². The molecule has 19 heavy (non-hydrogen) atoms. The van der Waals surface area contributed by atoms with Gasteiger partial charge < -0.3 is 10.2 Å². The van der Waals surface area contributed by atoms with E-state index in [1.54, 1.807) is 0 Å². The van der Waals surface area contributed by atoms with Gasteiger partial charge in [-0.25, -0.2) is 0 Å². The quantitative estimate of drug-likeness (QED) is 0.901. The molecule has 1 aromatic rings. The molecule has 1 saturated heterocycles. The summed E-state index contributed by atoms with van der Waals surface area (Å²) in [5.74, 6) is 0.796. The highest BCUT2D eigenvalue weighted by Crippen LogP contribution is 2.23. The van der Waals surface area contributed by atoms with E-state index in [1.165, 1.54) is 5.56 Å². The molecule has 1 fully saturated rings. The fraction of sp³-hybridized carbons (Fsp3) is 0.562. The van der Waals surface area contributed by atoms with Crippen LogP contribution in [-0.2, 0) is 0 Å². The Kier molecular flexibility index (Phi) is 4.46. The van der Waals surface area contributed by atoms with Gasteiger partial charge in [-0.1, -0.05) is 19.9 Å². The third kappa shape index (κ3) is 3.28. The number of anilines is 1. The highest BCUT2D eigenvalue weighted by molar-refractivity contribution is 5.99. The maximum Gasteiger partial charge on any atom is 0.255 e. The first-order valence-electron chi connectivity index (χ1n) is 7.25. The van der Waals surface area contributed by atoms with Crippen molar-refractivity contribution in [3.05, 3.63) is 29.3 Å². The molecule has 1 aliphatic heterocycles. The van der Waals surface area contributed by atoms with E-state index in [0.29, 0.717) is 5.92 Å². The average Bonchev–Trinajstić information content (AvgIpc) is 2.82. The van der Waals surface area contributed by atoms with E-state index in [2.05, 4.69) is 32.2 Å². The lowest BCUT2D eigenvalue weighted by atomic mass is 10.1. The number of hydrogen-bond donors (Lipinski definition) is 1. The molecule has 1 atom stereocenters. The Hall–Kier alpha value is -1.51. The second-order valence-electron chi connectivity index (χ2n) is 5.62. The van der Waals surface area contributed by atoms with Crippen LogP contribution in [0.2, 0.25) is 0 Å². The third-order valence-electron chi connectivity index (χ3n) is 3.68. The van der Waals surface area contributed by atoms with E-state index in [-0.39, 0.29) is 5.91 Å². The highest BCUT2D eigenvalue weighted by atomic mass is 16.2. The topological polar surface area (TPSA) is 32.3 Å². The summed E-state index contributed by atoms with van der Waals surface area (Å²) >= 11 is 0. The number of hydrogen-bond acceptors (Lipinski definition) is 2. The minimum atomic E-state index is 0.169. The molecule has 3 heteroatoms. The van der Waals surface area contributed by atoms with Crippen LogP contribution in [0.15, 0.2) is 18.2 Å². The number of nitrogens with one attached hydrogen (secondary N) is 1. The van der Waals surface area contributed by atoms with Gasteiger partial charge in [-0.15, -0.1) is 0 Å². The van der Waals surface area contributed by atoms with Gasteiger partial charge in [0.05, 0.1) is 5.56 Å². The standard InChI is InChI=1S/C16H24N2O/c1-4-8-17-15-10-12(2)5-6-14(15)16(19)18-9-7-13(3)11-18/h5-6,10,13,17H,4,7-9,11H2,1-3H3. The van der Waals surface area contributed by atoms with Crippen LogP contribution in [0.3, 0.4) is 0 Å². The molecule has 0 radical (unpaired) electrons. The van der Waals surface area contributed by atoms with E-state index >= 15 is 0 Å². The van der Waals surface area contributed by atoms with Crippen molar-refractivity contribution in [1.82, 2.24) is 4.90 Å². The van der Waals surface area contributed by atoms with Crippen molar-refractivity contribution in [3.63, 3.8) is 0 Å². The van der Waals surface area contributed by atoms with Crippen LogP contribution in [-0.4, -0.2) is 30.4 Å². The lowest BCUT2D eigenvalue weighted by Gasteiger charge is -2.19. The second-order valence-corrected chi connectivity index (χ2v) is 5.62. The van der Waals surface area contributed by atoms with Crippen molar-refractivity contribution < 1.29 is 4.79 Å². The first-order valence-corrected chi connectivity index (χ1v) is 7.25. The van der Waals surface area contributed by atoms with E-state index in [0.717, 1.165) is 43.7 Å². The molecule has 1 N–H and O–H groups in total. The molecular formula is C16H24N2O. The fourth-order valence-corrected chi connectivity index (χ4v) is 2.54. The normalized spacial score (nSPS) is 18.7. The Morgan fingerprint density at radius 3 is 2.89 bits per heavy atom. The van der Waals surface area contributed by atoms with Crippen molar-refractivity contribution in [2.45, 2.75) is 33.6 Å². The smallest absolute Gasteiger partial charge is 0.255 e. The molecular weight excluding hydrogens is 236 g/mol. The van der Waals surface area contributed by atoms with Crippen LogP contribution < -0.4 is 5.32 Å².